The molecule has 1 aromatic rings. The minimum Gasteiger partial charge on any atom is -0.497 e. The molecule has 0 amide bonds. The topological polar surface area (TPSA) is 44.8 Å². The van der Waals surface area contributed by atoms with Gasteiger partial charge in [0.2, 0.25) is 0 Å². The van der Waals surface area contributed by atoms with E-state index >= 15 is 0 Å². The third kappa shape index (κ3) is 3.16. The molecule has 0 N–H and O–H groups in total. The summed E-state index contributed by atoms with van der Waals surface area (Å²) in [5.41, 5.74) is 0.915. The number of aryl methyl sites for hydroxylation is 1. The summed E-state index contributed by atoms with van der Waals surface area (Å²) in [6.07, 6.45) is 0. The molecule has 0 fully saturated rings. The Balaban J connectivity index is 2.66. The Labute approximate surface area is 88.8 Å². The van der Waals surface area contributed by atoms with Crippen LogP contribution in [0.3, 0.4) is 0 Å². The summed E-state index contributed by atoms with van der Waals surface area (Å²) in [6, 6.07) is 5.38. The molecule has 0 radical (unpaired) electrons. The zero-order chi connectivity index (χ0) is 11.3. The molecule has 0 aliphatic carbocycles. The number of methoxy groups -OCH3 is 2. The van der Waals surface area contributed by atoms with Crippen molar-refractivity contribution in [3.8, 4) is 11.5 Å². The molecule has 0 saturated carbocycles. The van der Waals surface area contributed by atoms with Crippen LogP contribution >= 0.6 is 0 Å². The van der Waals surface area contributed by atoms with Crippen molar-refractivity contribution in [2.45, 2.75) is 6.92 Å². The van der Waals surface area contributed by atoms with Crippen molar-refractivity contribution in [1.82, 2.24) is 0 Å². The minimum atomic E-state index is -0.398. The molecule has 0 unspecified atom stereocenters. The van der Waals surface area contributed by atoms with Gasteiger partial charge in [-0.2, -0.15) is 0 Å². The highest BCUT2D eigenvalue weighted by Gasteiger charge is 2.05. The van der Waals surface area contributed by atoms with Crippen LogP contribution in [0.1, 0.15) is 5.56 Å². The molecule has 15 heavy (non-hydrogen) atoms. The van der Waals surface area contributed by atoms with E-state index in [1.54, 1.807) is 19.2 Å². The van der Waals surface area contributed by atoms with Gasteiger partial charge in [0.1, 0.15) is 11.5 Å². The maximum atomic E-state index is 10.8. The largest absolute Gasteiger partial charge is 0.497 e. The van der Waals surface area contributed by atoms with Gasteiger partial charge in [-0.3, -0.25) is 0 Å². The molecule has 0 heterocycles. The van der Waals surface area contributed by atoms with Gasteiger partial charge in [0, 0.05) is 0 Å². The number of ether oxygens (including phenoxy) is 3. The first-order valence-corrected chi connectivity index (χ1v) is 4.51. The highest BCUT2D eigenvalue weighted by molar-refractivity contribution is 5.70. The van der Waals surface area contributed by atoms with E-state index in [1.807, 2.05) is 13.0 Å². The molecule has 0 aliphatic rings. The van der Waals surface area contributed by atoms with Crippen molar-refractivity contribution < 1.29 is 19.0 Å². The van der Waals surface area contributed by atoms with E-state index in [-0.39, 0.29) is 6.61 Å². The molecule has 82 valence electrons. The van der Waals surface area contributed by atoms with Gasteiger partial charge in [0.25, 0.3) is 0 Å². The van der Waals surface area contributed by atoms with Crippen molar-refractivity contribution in [1.29, 1.82) is 0 Å². The third-order valence-electron chi connectivity index (χ3n) is 1.96. The second-order valence-electron chi connectivity index (χ2n) is 3.00. The molecule has 0 aliphatic heterocycles. The zero-order valence-corrected chi connectivity index (χ0v) is 9.07. The Morgan fingerprint density at radius 3 is 2.60 bits per heavy atom. The SMILES string of the molecule is COC(=O)COc1ccc(OC)cc1C. The Morgan fingerprint density at radius 2 is 2.07 bits per heavy atom. The van der Waals surface area contributed by atoms with Gasteiger partial charge in [0.05, 0.1) is 14.2 Å². The minimum absolute atomic E-state index is 0.0797. The van der Waals surface area contributed by atoms with Gasteiger partial charge in [-0.25, -0.2) is 4.79 Å². The Kier molecular flexibility index (Phi) is 3.97. The maximum absolute atomic E-state index is 10.8. The fraction of sp³-hybridized carbons (Fsp3) is 0.364. The highest BCUT2D eigenvalue weighted by atomic mass is 16.6. The maximum Gasteiger partial charge on any atom is 0.343 e. The summed E-state index contributed by atoms with van der Waals surface area (Å²) in [5, 5.41) is 0. The number of hydrogen-bond donors (Lipinski definition) is 0. The van der Waals surface area contributed by atoms with Gasteiger partial charge < -0.3 is 14.2 Å². The van der Waals surface area contributed by atoms with Crippen LogP contribution in [0.25, 0.3) is 0 Å². The molecule has 0 bridgehead atoms. The van der Waals surface area contributed by atoms with E-state index in [0.29, 0.717) is 5.75 Å². The highest BCUT2D eigenvalue weighted by Crippen LogP contribution is 2.22. The summed E-state index contributed by atoms with van der Waals surface area (Å²) in [4.78, 5) is 10.8. The van der Waals surface area contributed by atoms with Crippen molar-refractivity contribution in [2.75, 3.05) is 20.8 Å². The van der Waals surface area contributed by atoms with Crippen LogP contribution in [-0.4, -0.2) is 26.8 Å². The molecular weight excluding hydrogens is 196 g/mol. The van der Waals surface area contributed by atoms with Crippen molar-refractivity contribution >= 4 is 5.97 Å². The molecule has 0 saturated heterocycles. The van der Waals surface area contributed by atoms with Crippen molar-refractivity contribution in [3.05, 3.63) is 23.8 Å². The van der Waals surface area contributed by atoms with E-state index in [2.05, 4.69) is 4.74 Å². The molecule has 0 atom stereocenters. The molecular formula is C11H14O4. The Hall–Kier alpha value is -1.71. The Morgan fingerprint density at radius 1 is 1.33 bits per heavy atom. The monoisotopic (exact) mass is 210 g/mol. The quantitative estimate of drug-likeness (QED) is 0.707. The van der Waals surface area contributed by atoms with E-state index in [4.69, 9.17) is 9.47 Å². The second kappa shape index (κ2) is 5.24. The first-order chi connectivity index (χ1) is 7.17. The standard InChI is InChI=1S/C11H14O4/c1-8-6-9(13-2)4-5-10(8)15-7-11(12)14-3/h4-6H,7H2,1-3H3. The summed E-state index contributed by atoms with van der Waals surface area (Å²) >= 11 is 0. The van der Waals surface area contributed by atoms with Gasteiger partial charge in [-0.05, 0) is 30.7 Å². The van der Waals surface area contributed by atoms with Gasteiger partial charge in [0.15, 0.2) is 6.61 Å². The number of carbonyl (C=O) groups is 1. The number of benzene rings is 1. The first kappa shape index (κ1) is 11.4. The summed E-state index contributed by atoms with van der Waals surface area (Å²) in [6.45, 7) is 1.80. The van der Waals surface area contributed by atoms with Crippen LogP contribution < -0.4 is 9.47 Å². The average Bonchev–Trinajstić information content (AvgIpc) is 2.26. The van der Waals surface area contributed by atoms with Crippen LogP contribution in [0.4, 0.5) is 0 Å². The number of rotatable bonds is 4. The van der Waals surface area contributed by atoms with Crippen LogP contribution in [0.15, 0.2) is 18.2 Å². The first-order valence-electron chi connectivity index (χ1n) is 4.51. The van der Waals surface area contributed by atoms with Crippen LogP contribution in [0, 0.1) is 6.92 Å². The molecule has 0 aromatic heterocycles. The molecule has 0 spiro atoms. The lowest BCUT2D eigenvalue weighted by atomic mass is 10.2. The number of esters is 1. The fourth-order valence-corrected chi connectivity index (χ4v) is 1.11. The fourth-order valence-electron chi connectivity index (χ4n) is 1.11. The third-order valence-corrected chi connectivity index (χ3v) is 1.96. The molecule has 4 nitrogen and oxygen atoms in total. The zero-order valence-electron chi connectivity index (χ0n) is 9.07. The van der Waals surface area contributed by atoms with E-state index < -0.39 is 5.97 Å². The van der Waals surface area contributed by atoms with Crippen LogP contribution in [-0.2, 0) is 9.53 Å². The summed E-state index contributed by atoms with van der Waals surface area (Å²) < 4.78 is 14.8. The molecule has 4 heteroatoms. The van der Waals surface area contributed by atoms with Crippen LogP contribution in [0.5, 0.6) is 11.5 Å². The second-order valence-corrected chi connectivity index (χ2v) is 3.00. The molecule has 1 aromatic carbocycles. The summed E-state index contributed by atoms with van der Waals surface area (Å²) in [7, 11) is 2.93. The van der Waals surface area contributed by atoms with Crippen LogP contribution in [0.2, 0.25) is 0 Å². The number of carbonyl (C=O) groups excluding carboxylic acids is 1. The predicted molar refractivity (Wildman–Crippen MR) is 55.2 cm³/mol. The lowest BCUT2D eigenvalue weighted by Crippen LogP contribution is -2.12. The van der Waals surface area contributed by atoms with Gasteiger partial charge in [-0.1, -0.05) is 0 Å². The Bertz CT molecular complexity index is 346. The lowest BCUT2D eigenvalue weighted by Gasteiger charge is -2.09. The van der Waals surface area contributed by atoms with Gasteiger partial charge >= 0.3 is 5.97 Å². The van der Waals surface area contributed by atoms with Gasteiger partial charge in [-0.15, -0.1) is 0 Å². The average molecular weight is 210 g/mol. The summed E-state index contributed by atoms with van der Waals surface area (Å²) in [5.74, 6) is 1.02. The van der Waals surface area contributed by atoms with E-state index in [1.165, 1.54) is 7.11 Å². The smallest absolute Gasteiger partial charge is 0.343 e. The van der Waals surface area contributed by atoms with Crippen molar-refractivity contribution in [2.24, 2.45) is 0 Å². The predicted octanol–water partition coefficient (Wildman–Crippen LogP) is 1.56. The normalized spacial score (nSPS) is 9.53. The van der Waals surface area contributed by atoms with E-state index in [0.717, 1.165) is 11.3 Å². The lowest BCUT2D eigenvalue weighted by molar-refractivity contribution is -0.142. The van der Waals surface area contributed by atoms with Crippen molar-refractivity contribution in [3.63, 3.8) is 0 Å². The number of hydrogen-bond acceptors (Lipinski definition) is 4. The van der Waals surface area contributed by atoms with E-state index in [9.17, 15) is 4.79 Å². The molecule has 1 rings (SSSR count).